The van der Waals surface area contributed by atoms with Crippen LogP contribution in [-0.2, 0) is 16.1 Å². The molecule has 1 aliphatic rings. The van der Waals surface area contributed by atoms with Crippen molar-refractivity contribution in [1.29, 1.82) is 5.26 Å². The molecule has 1 aromatic heterocycles. The van der Waals surface area contributed by atoms with Gasteiger partial charge in [0.25, 0.3) is 5.56 Å². The molecule has 1 aliphatic heterocycles. The quantitative estimate of drug-likeness (QED) is 0.223. The number of esters is 1. The van der Waals surface area contributed by atoms with E-state index in [1.54, 1.807) is 16.7 Å². The van der Waals surface area contributed by atoms with Gasteiger partial charge in [-0.2, -0.15) is 5.26 Å². The maximum Gasteiger partial charge on any atom is 0.338 e. The molecule has 0 amide bonds. The van der Waals surface area contributed by atoms with Crippen molar-refractivity contribution in [2.24, 2.45) is 4.99 Å². The molecule has 0 fully saturated rings. The molecule has 3 aromatic carbocycles. The summed E-state index contributed by atoms with van der Waals surface area (Å²) in [5.41, 5.74) is 3.48. The van der Waals surface area contributed by atoms with Crippen molar-refractivity contribution in [3.8, 4) is 17.6 Å². The molecule has 5 rings (SSSR count). The lowest BCUT2D eigenvalue weighted by Gasteiger charge is -2.25. The average Bonchev–Trinajstić information content (AvgIpc) is 3.33. The molecule has 0 saturated heterocycles. The van der Waals surface area contributed by atoms with E-state index < -0.39 is 12.0 Å². The number of aromatic nitrogens is 1. The Morgan fingerprint density at radius 2 is 1.86 bits per heavy atom. The molecule has 0 saturated carbocycles. The van der Waals surface area contributed by atoms with Gasteiger partial charge in [0.15, 0.2) is 16.3 Å². The third-order valence-electron chi connectivity index (χ3n) is 6.90. The van der Waals surface area contributed by atoms with Crippen LogP contribution in [0, 0.1) is 11.3 Å². The highest BCUT2D eigenvalue weighted by Crippen LogP contribution is 2.38. The van der Waals surface area contributed by atoms with Crippen LogP contribution in [0.25, 0.3) is 6.08 Å². The highest BCUT2D eigenvalue weighted by Gasteiger charge is 2.33. The summed E-state index contributed by atoms with van der Waals surface area (Å²) >= 11 is 4.87. The van der Waals surface area contributed by atoms with Crippen molar-refractivity contribution in [3.05, 3.63) is 124 Å². The number of allylic oxidation sites excluding steroid dienone is 1. The number of benzene rings is 3. The Kier molecular flexibility index (Phi) is 9.24. The summed E-state index contributed by atoms with van der Waals surface area (Å²) in [4.78, 5) is 32.2. The summed E-state index contributed by atoms with van der Waals surface area (Å²) in [7, 11) is 1.33. The third-order valence-corrected chi connectivity index (χ3v) is 8.48. The van der Waals surface area contributed by atoms with Crippen molar-refractivity contribution in [2.75, 3.05) is 13.7 Å². The van der Waals surface area contributed by atoms with Gasteiger partial charge >= 0.3 is 5.97 Å². The van der Waals surface area contributed by atoms with Crippen molar-refractivity contribution in [2.45, 2.75) is 32.9 Å². The summed E-state index contributed by atoms with van der Waals surface area (Å²) in [5, 5.41) is 9.43. The smallest absolute Gasteiger partial charge is 0.338 e. The maximum atomic E-state index is 13.9. The molecule has 2 heterocycles. The zero-order chi connectivity index (χ0) is 30.5. The summed E-state index contributed by atoms with van der Waals surface area (Å²) in [6.45, 7) is 4.38. The van der Waals surface area contributed by atoms with Crippen LogP contribution in [0.4, 0.5) is 0 Å². The van der Waals surface area contributed by atoms with E-state index in [1.807, 2.05) is 74.5 Å². The Morgan fingerprint density at radius 1 is 1.12 bits per heavy atom. The Labute approximate surface area is 260 Å². The number of hydrogen-bond acceptors (Lipinski definition) is 8. The topological polar surface area (TPSA) is 103 Å². The van der Waals surface area contributed by atoms with Gasteiger partial charge in [-0.05, 0) is 64.7 Å². The molecule has 0 unspecified atom stereocenters. The molecule has 0 bridgehead atoms. The first-order valence-electron chi connectivity index (χ1n) is 13.6. The van der Waals surface area contributed by atoms with Crippen LogP contribution in [0.15, 0.2) is 92.3 Å². The summed E-state index contributed by atoms with van der Waals surface area (Å²) in [5.74, 6) is 0.475. The Hall–Kier alpha value is -4.46. The molecule has 218 valence electrons. The number of nitriles is 1. The van der Waals surface area contributed by atoms with Crippen LogP contribution in [-0.4, -0.2) is 24.3 Å². The number of carbonyl (C=O) groups excluding carboxylic acids is 1. The minimum Gasteiger partial charge on any atom is -0.490 e. The van der Waals surface area contributed by atoms with Crippen molar-refractivity contribution >= 4 is 39.3 Å². The first kappa shape index (κ1) is 30.0. The lowest BCUT2D eigenvalue weighted by molar-refractivity contribution is -0.136. The third kappa shape index (κ3) is 6.05. The minimum absolute atomic E-state index is 0.183. The van der Waals surface area contributed by atoms with Gasteiger partial charge in [-0.1, -0.05) is 66.8 Å². The van der Waals surface area contributed by atoms with E-state index in [2.05, 4.69) is 22.0 Å². The Balaban J connectivity index is 1.60. The highest BCUT2D eigenvalue weighted by molar-refractivity contribution is 9.10. The van der Waals surface area contributed by atoms with Gasteiger partial charge in [-0.3, -0.25) is 9.36 Å². The number of nitrogens with zero attached hydrogens (tertiary/aromatic N) is 3. The highest BCUT2D eigenvalue weighted by atomic mass is 79.9. The molecule has 0 aliphatic carbocycles. The van der Waals surface area contributed by atoms with E-state index in [9.17, 15) is 14.9 Å². The molecular formula is C33H28BrN3O5S. The van der Waals surface area contributed by atoms with E-state index in [4.69, 9.17) is 19.2 Å². The van der Waals surface area contributed by atoms with Gasteiger partial charge in [-0.15, -0.1) is 0 Å². The fourth-order valence-corrected chi connectivity index (χ4v) is 6.54. The van der Waals surface area contributed by atoms with Gasteiger partial charge in [0.05, 0.1) is 51.7 Å². The lowest BCUT2D eigenvalue weighted by atomic mass is 9.95. The lowest BCUT2D eigenvalue weighted by Crippen LogP contribution is -2.40. The van der Waals surface area contributed by atoms with E-state index >= 15 is 0 Å². The van der Waals surface area contributed by atoms with Crippen LogP contribution < -0.4 is 24.4 Å². The van der Waals surface area contributed by atoms with E-state index in [0.717, 1.165) is 11.1 Å². The Bertz CT molecular complexity index is 1940. The van der Waals surface area contributed by atoms with Crippen molar-refractivity contribution < 1.29 is 19.0 Å². The number of halogens is 1. The Morgan fingerprint density at radius 3 is 2.56 bits per heavy atom. The number of methoxy groups -OCH3 is 1. The molecule has 0 radical (unpaired) electrons. The largest absolute Gasteiger partial charge is 0.490 e. The van der Waals surface area contributed by atoms with E-state index in [-0.39, 0.29) is 12.2 Å². The maximum absolute atomic E-state index is 13.9. The fraction of sp³-hybridized carbons (Fsp3) is 0.212. The molecule has 4 aromatic rings. The van der Waals surface area contributed by atoms with Gasteiger partial charge in [0.2, 0.25) is 0 Å². The standard InChI is InChI=1S/C33H28BrN3O5S/c1-4-25-28(32(39)40-3)29(21-11-7-6-8-12-21)37-31(38)27(43-33(37)36-25)17-20-15-24(34)30(26(16-20)41-5-2)42-19-23-14-10-9-13-22(23)18-35/h6-17,29H,4-5,19H2,1-3H3/b27-17-/t29-/m0/s1. The minimum atomic E-state index is -0.667. The van der Waals surface area contributed by atoms with E-state index in [1.165, 1.54) is 18.4 Å². The predicted octanol–water partition coefficient (Wildman–Crippen LogP) is 5.41. The number of rotatable bonds is 9. The van der Waals surface area contributed by atoms with Crippen LogP contribution in [0.2, 0.25) is 0 Å². The van der Waals surface area contributed by atoms with Crippen LogP contribution in [0.1, 0.15) is 48.6 Å². The fourth-order valence-electron chi connectivity index (χ4n) is 4.95. The van der Waals surface area contributed by atoms with Gasteiger partial charge in [0, 0.05) is 5.56 Å². The predicted molar refractivity (Wildman–Crippen MR) is 168 cm³/mol. The van der Waals surface area contributed by atoms with Gasteiger partial charge in [-0.25, -0.2) is 9.79 Å². The first-order chi connectivity index (χ1) is 20.9. The normalized spacial score (nSPS) is 14.5. The molecule has 0 spiro atoms. The van der Waals surface area contributed by atoms with Crippen LogP contribution in [0.3, 0.4) is 0 Å². The number of ether oxygens (including phenoxy) is 3. The molecule has 0 N–H and O–H groups in total. The summed E-state index contributed by atoms with van der Waals surface area (Å²) in [6.07, 6.45) is 2.28. The summed E-state index contributed by atoms with van der Waals surface area (Å²) in [6, 6.07) is 21.9. The number of carbonyl (C=O) groups is 1. The zero-order valence-electron chi connectivity index (χ0n) is 23.8. The number of hydrogen-bond donors (Lipinski definition) is 0. The van der Waals surface area contributed by atoms with Crippen molar-refractivity contribution in [3.63, 3.8) is 0 Å². The molecule has 1 atom stereocenters. The van der Waals surface area contributed by atoms with Crippen molar-refractivity contribution in [1.82, 2.24) is 4.57 Å². The average molecular weight is 659 g/mol. The van der Waals surface area contributed by atoms with Crippen LogP contribution in [0.5, 0.6) is 11.5 Å². The monoisotopic (exact) mass is 657 g/mol. The zero-order valence-corrected chi connectivity index (χ0v) is 26.2. The van der Waals surface area contributed by atoms with Gasteiger partial charge < -0.3 is 14.2 Å². The van der Waals surface area contributed by atoms with Gasteiger partial charge in [0.1, 0.15) is 6.61 Å². The first-order valence-corrected chi connectivity index (χ1v) is 15.3. The van der Waals surface area contributed by atoms with E-state index in [0.29, 0.717) is 60.7 Å². The second-order valence-corrected chi connectivity index (χ2v) is 11.4. The number of thiazole rings is 1. The molecule has 8 nitrogen and oxygen atoms in total. The summed E-state index contributed by atoms with van der Waals surface area (Å²) < 4.78 is 19.8. The second kappa shape index (κ2) is 13.2. The number of fused-ring (bicyclic) bond motifs is 1. The van der Waals surface area contributed by atoms with Crippen LogP contribution >= 0.6 is 27.3 Å². The molecule has 43 heavy (non-hydrogen) atoms. The second-order valence-electron chi connectivity index (χ2n) is 9.52. The molecule has 10 heteroatoms. The SMILES string of the molecule is CCOc1cc(/C=c2\sc3n(c2=O)[C@@H](c2ccccc2)C(C(=O)OC)=C(CC)N=3)cc(Br)c1OCc1ccccc1C#N. The molecular weight excluding hydrogens is 630 g/mol.